The van der Waals surface area contributed by atoms with Gasteiger partial charge in [0.2, 0.25) is 11.8 Å². The number of nitriles is 1. The minimum absolute atomic E-state index is 0.168. The Morgan fingerprint density at radius 1 is 0.852 bits per heavy atom. The van der Waals surface area contributed by atoms with E-state index in [2.05, 4.69) is 11.0 Å². The van der Waals surface area contributed by atoms with Crippen LogP contribution in [0.25, 0.3) is 0 Å². The third-order valence-electron chi connectivity index (χ3n) is 5.50. The third-order valence-corrected chi connectivity index (χ3v) is 5.50. The number of benzene rings is 1. The van der Waals surface area contributed by atoms with Gasteiger partial charge < -0.3 is 9.80 Å². The van der Waals surface area contributed by atoms with E-state index in [9.17, 15) is 9.59 Å². The van der Waals surface area contributed by atoms with Gasteiger partial charge in [0.1, 0.15) is 0 Å². The highest BCUT2D eigenvalue weighted by molar-refractivity contribution is 5.78. The second-order valence-corrected chi connectivity index (χ2v) is 7.41. The number of hydrogen-bond donors (Lipinski definition) is 0. The van der Waals surface area contributed by atoms with E-state index in [1.165, 1.54) is 6.42 Å². The van der Waals surface area contributed by atoms with Crippen molar-refractivity contribution in [1.82, 2.24) is 14.7 Å². The summed E-state index contributed by atoms with van der Waals surface area (Å²) in [7, 11) is 0. The van der Waals surface area contributed by atoms with Crippen molar-refractivity contribution in [3.8, 4) is 6.07 Å². The first-order valence-electron chi connectivity index (χ1n) is 9.92. The van der Waals surface area contributed by atoms with Crippen molar-refractivity contribution in [3.63, 3.8) is 0 Å². The van der Waals surface area contributed by atoms with Crippen molar-refractivity contribution < 1.29 is 9.59 Å². The van der Waals surface area contributed by atoms with Crippen LogP contribution in [0.2, 0.25) is 0 Å². The smallest absolute Gasteiger partial charge is 0.236 e. The molecular formula is C21H28N4O2. The predicted octanol–water partition coefficient (Wildman–Crippen LogP) is 1.65. The van der Waals surface area contributed by atoms with Gasteiger partial charge in [0.25, 0.3) is 0 Å². The molecule has 6 heteroatoms. The van der Waals surface area contributed by atoms with Crippen LogP contribution in [0.5, 0.6) is 0 Å². The Labute approximate surface area is 161 Å². The van der Waals surface area contributed by atoms with Crippen LogP contribution in [0, 0.1) is 11.3 Å². The van der Waals surface area contributed by atoms with Crippen LogP contribution in [0.1, 0.15) is 36.8 Å². The van der Waals surface area contributed by atoms with Gasteiger partial charge in [-0.05, 0) is 43.4 Å². The van der Waals surface area contributed by atoms with Crippen molar-refractivity contribution in [2.24, 2.45) is 0 Å². The van der Waals surface area contributed by atoms with Gasteiger partial charge >= 0.3 is 0 Å². The zero-order valence-corrected chi connectivity index (χ0v) is 15.9. The third kappa shape index (κ3) is 5.54. The Balaban J connectivity index is 1.38. The number of likely N-dealkylation sites (tertiary alicyclic amines) is 1. The van der Waals surface area contributed by atoms with E-state index in [-0.39, 0.29) is 11.8 Å². The van der Waals surface area contributed by atoms with Crippen molar-refractivity contribution in [2.75, 3.05) is 45.8 Å². The Hall–Kier alpha value is -2.39. The lowest BCUT2D eigenvalue weighted by Crippen LogP contribution is -2.52. The Morgan fingerprint density at radius 2 is 1.48 bits per heavy atom. The molecule has 0 saturated carbocycles. The molecule has 2 aliphatic heterocycles. The highest BCUT2D eigenvalue weighted by atomic mass is 16.2. The highest BCUT2D eigenvalue weighted by Crippen LogP contribution is 2.12. The SMILES string of the molecule is N#Cc1ccc(CCC(=O)N2CCN(CC(=O)N3CCCCC3)CC2)cc1. The van der Waals surface area contributed by atoms with Crippen molar-refractivity contribution in [2.45, 2.75) is 32.1 Å². The Bertz CT molecular complexity index is 681. The maximum Gasteiger partial charge on any atom is 0.236 e. The monoisotopic (exact) mass is 368 g/mol. The molecule has 2 saturated heterocycles. The quantitative estimate of drug-likeness (QED) is 0.793. The molecule has 2 heterocycles. The number of carbonyl (C=O) groups is 2. The summed E-state index contributed by atoms with van der Waals surface area (Å²) < 4.78 is 0. The second-order valence-electron chi connectivity index (χ2n) is 7.41. The molecule has 1 aromatic carbocycles. The summed E-state index contributed by atoms with van der Waals surface area (Å²) in [4.78, 5) is 30.9. The molecule has 27 heavy (non-hydrogen) atoms. The summed E-state index contributed by atoms with van der Waals surface area (Å²) in [6.07, 6.45) is 4.64. The molecule has 1 aromatic rings. The number of piperidine rings is 1. The van der Waals surface area contributed by atoms with Crippen molar-refractivity contribution >= 4 is 11.8 Å². The number of carbonyl (C=O) groups excluding carboxylic acids is 2. The minimum Gasteiger partial charge on any atom is -0.342 e. The van der Waals surface area contributed by atoms with Crippen LogP contribution in [-0.2, 0) is 16.0 Å². The Kier molecular flexibility index (Phi) is 6.83. The first-order chi connectivity index (χ1) is 13.2. The maximum absolute atomic E-state index is 12.5. The van der Waals surface area contributed by atoms with Crippen LogP contribution in [0.15, 0.2) is 24.3 Å². The summed E-state index contributed by atoms with van der Waals surface area (Å²) in [5, 5.41) is 8.83. The molecule has 2 fully saturated rings. The number of hydrogen-bond acceptors (Lipinski definition) is 4. The van der Waals surface area contributed by atoms with Gasteiger partial charge in [0, 0.05) is 45.7 Å². The molecule has 6 nitrogen and oxygen atoms in total. The van der Waals surface area contributed by atoms with Gasteiger partial charge in [-0.1, -0.05) is 12.1 Å². The van der Waals surface area contributed by atoms with Gasteiger partial charge in [0.15, 0.2) is 0 Å². The van der Waals surface area contributed by atoms with Crippen LogP contribution in [-0.4, -0.2) is 72.3 Å². The largest absolute Gasteiger partial charge is 0.342 e. The molecule has 2 amide bonds. The van der Waals surface area contributed by atoms with E-state index < -0.39 is 0 Å². The van der Waals surface area contributed by atoms with Crippen LogP contribution >= 0.6 is 0 Å². The van der Waals surface area contributed by atoms with Crippen molar-refractivity contribution in [1.29, 1.82) is 5.26 Å². The number of rotatable bonds is 5. The number of aryl methyl sites for hydroxylation is 1. The van der Waals surface area contributed by atoms with Crippen molar-refractivity contribution in [3.05, 3.63) is 35.4 Å². The Morgan fingerprint density at radius 3 is 2.11 bits per heavy atom. The summed E-state index contributed by atoms with van der Waals surface area (Å²) in [6, 6.07) is 9.51. The second kappa shape index (κ2) is 9.52. The topological polar surface area (TPSA) is 67.6 Å². The normalized spacial score (nSPS) is 18.2. The van der Waals surface area contributed by atoms with Gasteiger partial charge in [-0.3, -0.25) is 14.5 Å². The van der Waals surface area contributed by atoms with E-state index in [0.29, 0.717) is 38.0 Å². The maximum atomic E-state index is 12.5. The predicted molar refractivity (Wildman–Crippen MR) is 103 cm³/mol. The average molecular weight is 368 g/mol. The fourth-order valence-corrected chi connectivity index (χ4v) is 3.75. The summed E-state index contributed by atoms with van der Waals surface area (Å²) in [5.41, 5.74) is 1.72. The summed E-state index contributed by atoms with van der Waals surface area (Å²) in [6.45, 7) is 5.19. The molecule has 2 aliphatic rings. The average Bonchev–Trinajstić information content (AvgIpc) is 2.73. The lowest BCUT2D eigenvalue weighted by atomic mass is 10.1. The zero-order valence-electron chi connectivity index (χ0n) is 15.9. The molecule has 0 unspecified atom stereocenters. The highest BCUT2D eigenvalue weighted by Gasteiger charge is 2.24. The van der Waals surface area contributed by atoms with E-state index in [1.54, 1.807) is 12.1 Å². The standard InChI is InChI=1S/C21H28N4O2/c22-16-19-6-4-18(5-7-19)8-9-20(26)25-14-12-23(13-15-25)17-21(27)24-10-2-1-3-11-24/h4-7H,1-3,8-15,17H2. The van der Waals surface area contributed by atoms with Gasteiger partial charge in [-0.15, -0.1) is 0 Å². The summed E-state index contributed by atoms with van der Waals surface area (Å²) in [5.74, 6) is 0.400. The molecule has 0 atom stereocenters. The fraction of sp³-hybridized carbons (Fsp3) is 0.571. The molecule has 0 spiro atoms. The van der Waals surface area contributed by atoms with Gasteiger partial charge in [-0.25, -0.2) is 0 Å². The lowest BCUT2D eigenvalue weighted by Gasteiger charge is -2.36. The first kappa shape index (κ1) is 19.4. The first-order valence-corrected chi connectivity index (χ1v) is 9.92. The molecule has 3 rings (SSSR count). The summed E-state index contributed by atoms with van der Waals surface area (Å²) >= 11 is 0. The molecule has 0 bridgehead atoms. The molecule has 144 valence electrons. The van der Waals surface area contributed by atoms with E-state index in [4.69, 9.17) is 5.26 Å². The molecule has 0 N–H and O–H groups in total. The van der Waals surface area contributed by atoms with Crippen LogP contribution in [0.4, 0.5) is 0 Å². The molecule has 0 aliphatic carbocycles. The zero-order chi connectivity index (χ0) is 19.1. The van der Waals surface area contributed by atoms with E-state index in [1.807, 2.05) is 21.9 Å². The van der Waals surface area contributed by atoms with E-state index in [0.717, 1.165) is 44.6 Å². The van der Waals surface area contributed by atoms with E-state index >= 15 is 0 Å². The van der Waals surface area contributed by atoms with Gasteiger partial charge in [-0.2, -0.15) is 5.26 Å². The molecular weight excluding hydrogens is 340 g/mol. The number of amides is 2. The van der Waals surface area contributed by atoms with Crippen LogP contribution in [0.3, 0.4) is 0 Å². The number of piperazine rings is 1. The molecule has 0 radical (unpaired) electrons. The molecule has 0 aromatic heterocycles. The lowest BCUT2D eigenvalue weighted by molar-refractivity contribution is -0.135. The number of nitrogens with zero attached hydrogens (tertiary/aromatic N) is 4. The van der Waals surface area contributed by atoms with Gasteiger partial charge in [0.05, 0.1) is 18.2 Å². The fourth-order valence-electron chi connectivity index (χ4n) is 3.75. The minimum atomic E-state index is 0.168. The van der Waals surface area contributed by atoms with Crippen LogP contribution < -0.4 is 0 Å².